The molecule has 1 aromatic rings. The third-order valence-corrected chi connectivity index (χ3v) is 4.08. The Morgan fingerprint density at radius 1 is 1.08 bits per heavy atom. The maximum Gasteiger partial charge on any atom is 0.409 e. The van der Waals surface area contributed by atoms with Crippen LogP contribution in [-0.4, -0.2) is 61.2 Å². The molecule has 1 saturated heterocycles. The Hall–Kier alpha value is -1.95. The molecule has 24 heavy (non-hydrogen) atoms. The SMILES string of the molecule is CCOC(=O)N1CCCN(C(=O)c2ccc(OCC)c(Cl)c2)CC1. The van der Waals surface area contributed by atoms with Gasteiger partial charge in [-0.3, -0.25) is 4.79 Å². The van der Waals surface area contributed by atoms with Crippen molar-refractivity contribution in [2.45, 2.75) is 20.3 Å². The molecule has 1 aliphatic heterocycles. The van der Waals surface area contributed by atoms with E-state index < -0.39 is 0 Å². The van der Waals surface area contributed by atoms with Crippen LogP contribution in [0.3, 0.4) is 0 Å². The summed E-state index contributed by atoms with van der Waals surface area (Å²) in [6, 6.07) is 5.05. The molecule has 0 saturated carbocycles. The summed E-state index contributed by atoms with van der Waals surface area (Å²) in [5.74, 6) is 0.478. The van der Waals surface area contributed by atoms with Gasteiger partial charge >= 0.3 is 6.09 Å². The molecule has 0 atom stereocenters. The number of rotatable bonds is 4. The zero-order valence-corrected chi connectivity index (χ0v) is 14.8. The number of hydrogen-bond donors (Lipinski definition) is 0. The summed E-state index contributed by atoms with van der Waals surface area (Å²) in [4.78, 5) is 27.9. The fraction of sp³-hybridized carbons (Fsp3) is 0.529. The first-order chi connectivity index (χ1) is 11.6. The van der Waals surface area contributed by atoms with Gasteiger partial charge in [0, 0.05) is 31.7 Å². The van der Waals surface area contributed by atoms with E-state index in [-0.39, 0.29) is 12.0 Å². The van der Waals surface area contributed by atoms with Gasteiger partial charge in [0.1, 0.15) is 5.75 Å². The number of ether oxygens (including phenoxy) is 2. The molecule has 1 aliphatic rings. The molecular weight excluding hydrogens is 332 g/mol. The highest BCUT2D eigenvalue weighted by molar-refractivity contribution is 6.32. The van der Waals surface area contributed by atoms with Crippen molar-refractivity contribution < 1.29 is 19.1 Å². The van der Waals surface area contributed by atoms with Crippen molar-refractivity contribution in [1.29, 1.82) is 0 Å². The Bertz CT molecular complexity index is 594. The molecule has 0 aromatic heterocycles. The quantitative estimate of drug-likeness (QED) is 0.833. The summed E-state index contributed by atoms with van der Waals surface area (Å²) in [5.41, 5.74) is 0.521. The van der Waals surface area contributed by atoms with E-state index in [9.17, 15) is 9.59 Å². The summed E-state index contributed by atoms with van der Waals surface area (Å²) in [5, 5.41) is 0.422. The lowest BCUT2D eigenvalue weighted by atomic mass is 10.2. The minimum atomic E-state index is -0.323. The lowest BCUT2D eigenvalue weighted by molar-refractivity contribution is 0.0753. The van der Waals surface area contributed by atoms with Crippen molar-refractivity contribution in [3.8, 4) is 5.75 Å². The van der Waals surface area contributed by atoms with Gasteiger partial charge in [0.15, 0.2) is 0 Å². The number of halogens is 1. The van der Waals surface area contributed by atoms with E-state index in [0.717, 1.165) is 6.42 Å². The van der Waals surface area contributed by atoms with Crippen molar-refractivity contribution in [3.63, 3.8) is 0 Å². The monoisotopic (exact) mass is 354 g/mol. The maximum absolute atomic E-state index is 12.7. The second-order valence-electron chi connectivity index (χ2n) is 5.41. The van der Waals surface area contributed by atoms with Crippen LogP contribution in [0.2, 0.25) is 5.02 Å². The molecule has 1 fully saturated rings. The first-order valence-electron chi connectivity index (χ1n) is 8.20. The molecule has 0 radical (unpaired) electrons. The maximum atomic E-state index is 12.7. The topological polar surface area (TPSA) is 59.1 Å². The largest absolute Gasteiger partial charge is 0.492 e. The van der Waals surface area contributed by atoms with Gasteiger partial charge in [-0.05, 0) is 38.5 Å². The number of amides is 2. The van der Waals surface area contributed by atoms with Gasteiger partial charge in [-0.2, -0.15) is 0 Å². The predicted molar refractivity (Wildman–Crippen MR) is 91.7 cm³/mol. The van der Waals surface area contributed by atoms with E-state index >= 15 is 0 Å². The normalized spacial score (nSPS) is 15.0. The highest BCUT2D eigenvalue weighted by atomic mass is 35.5. The first kappa shape index (κ1) is 18.4. The second-order valence-corrected chi connectivity index (χ2v) is 5.82. The molecule has 6 nitrogen and oxygen atoms in total. The van der Waals surface area contributed by atoms with Crippen LogP contribution in [0, 0.1) is 0 Å². The second kappa shape index (κ2) is 8.78. The highest BCUT2D eigenvalue weighted by Gasteiger charge is 2.23. The molecule has 0 bridgehead atoms. The number of hydrogen-bond acceptors (Lipinski definition) is 4. The van der Waals surface area contributed by atoms with Gasteiger partial charge in [0.05, 0.1) is 18.2 Å². The van der Waals surface area contributed by atoms with Gasteiger partial charge in [-0.25, -0.2) is 4.79 Å². The summed E-state index contributed by atoms with van der Waals surface area (Å²) < 4.78 is 10.4. The lowest BCUT2D eigenvalue weighted by Crippen LogP contribution is -2.37. The Labute approximate surface area is 147 Å². The van der Waals surface area contributed by atoms with Crippen molar-refractivity contribution in [3.05, 3.63) is 28.8 Å². The van der Waals surface area contributed by atoms with Gasteiger partial charge < -0.3 is 19.3 Å². The van der Waals surface area contributed by atoms with Gasteiger partial charge in [0.2, 0.25) is 0 Å². The van der Waals surface area contributed by atoms with E-state index in [1.165, 1.54) is 0 Å². The van der Waals surface area contributed by atoms with Crippen LogP contribution in [0.25, 0.3) is 0 Å². The fourth-order valence-corrected chi connectivity index (χ4v) is 2.84. The van der Waals surface area contributed by atoms with Crippen LogP contribution in [0.5, 0.6) is 5.75 Å². The summed E-state index contributed by atoms with van der Waals surface area (Å²) >= 11 is 6.16. The number of benzene rings is 1. The summed E-state index contributed by atoms with van der Waals surface area (Å²) in [6.07, 6.45) is 0.394. The molecule has 2 rings (SSSR count). The predicted octanol–water partition coefficient (Wildman–Crippen LogP) is 3.04. The first-order valence-corrected chi connectivity index (χ1v) is 8.58. The van der Waals surface area contributed by atoms with Gasteiger partial charge in [-0.1, -0.05) is 11.6 Å². The minimum Gasteiger partial charge on any atom is -0.492 e. The van der Waals surface area contributed by atoms with E-state index in [4.69, 9.17) is 21.1 Å². The lowest BCUT2D eigenvalue weighted by Gasteiger charge is -2.22. The van der Waals surface area contributed by atoms with Crippen LogP contribution in [0.1, 0.15) is 30.6 Å². The van der Waals surface area contributed by atoms with Gasteiger partial charge in [0.25, 0.3) is 5.91 Å². The zero-order chi connectivity index (χ0) is 17.5. The molecule has 132 valence electrons. The van der Waals surface area contributed by atoms with Crippen LogP contribution in [0.15, 0.2) is 18.2 Å². The van der Waals surface area contributed by atoms with Crippen LogP contribution in [-0.2, 0) is 4.74 Å². The van der Waals surface area contributed by atoms with Crippen molar-refractivity contribution >= 4 is 23.6 Å². The minimum absolute atomic E-state index is 0.0920. The average Bonchev–Trinajstić information content (AvgIpc) is 2.82. The molecule has 1 aromatic carbocycles. The molecule has 0 aliphatic carbocycles. The molecule has 7 heteroatoms. The molecule has 2 amide bonds. The Kier molecular flexibility index (Phi) is 6.73. The molecule has 0 spiro atoms. The van der Waals surface area contributed by atoms with Crippen molar-refractivity contribution in [2.75, 3.05) is 39.4 Å². The number of carbonyl (C=O) groups excluding carboxylic acids is 2. The molecular formula is C17H23ClN2O4. The van der Waals surface area contributed by atoms with E-state index in [1.807, 2.05) is 6.92 Å². The van der Waals surface area contributed by atoms with Crippen LogP contribution in [0.4, 0.5) is 4.79 Å². The number of carbonyl (C=O) groups is 2. The fourth-order valence-electron chi connectivity index (χ4n) is 2.61. The van der Waals surface area contributed by atoms with Crippen LogP contribution < -0.4 is 4.74 Å². The third kappa shape index (κ3) is 4.54. The zero-order valence-electron chi connectivity index (χ0n) is 14.1. The number of nitrogens with zero attached hydrogens (tertiary/aromatic N) is 2. The summed E-state index contributed by atoms with van der Waals surface area (Å²) in [7, 11) is 0. The van der Waals surface area contributed by atoms with Crippen LogP contribution >= 0.6 is 11.6 Å². The molecule has 0 N–H and O–H groups in total. The average molecular weight is 355 g/mol. The smallest absolute Gasteiger partial charge is 0.409 e. The van der Waals surface area contributed by atoms with E-state index in [1.54, 1.807) is 34.9 Å². The summed E-state index contributed by atoms with van der Waals surface area (Å²) in [6.45, 7) is 6.65. The van der Waals surface area contributed by atoms with Crippen molar-refractivity contribution in [1.82, 2.24) is 9.80 Å². The third-order valence-electron chi connectivity index (χ3n) is 3.79. The van der Waals surface area contributed by atoms with E-state index in [2.05, 4.69) is 0 Å². The van der Waals surface area contributed by atoms with E-state index in [0.29, 0.717) is 55.7 Å². The molecule has 1 heterocycles. The Morgan fingerprint density at radius 3 is 2.46 bits per heavy atom. The Balaban J connectivity index is 2.02. The Morgan fingerprint density at radius 2 is 1.79 bits per heavy atom. The van der Waals surface area contributed by atoms with Gasteiger partial charge in [-0.15, -0.1) is 0 Å². The molecule has 0 unspecified atom stereocenters. The highest BCUT2D eigenvalue weighted by Crippen LogP contribution is 2.26. The van der Waals surface area contributed by atoms with Crippen molar-refractivity contribution in [2.24, 2.45) is 0 Å². The standard InChI is InChI=1S/C17H23ClN2O4/c1-3-23-15-7-6-13(12-14(15)18)16(21)19-8-5-9-20(11-10-19)17(22)24-4-2/h6-7,12H,3-5,8-11H2,1-2H3.